The smallest absolute Gasteiger partial charge is 0.269 e. The van der Waals surface area contributed by atoms with Gasteiger partial charge in [-0.2, -0.15) is 0 Å². The fourth-order valence-electron chi connectivity index (χ4n) is 2.82. The van der Waals surface area contributed by atoms with Gasteiger partial charge in [0.05, 0.1) is 16.0 Å². The van der Waals surface area contributed by atoms with Crippen LogP contribution in [0.2, 0.25) is 5.02 Å². The molecule has 0 N–H and O–H groups in total. The molecule has 7 nitrogen and oxygen atoms in total. The fraction of sp³-hybridized carbons (Fsp3) is 0.250. The number of benzene rings is 2. The molecule has 1 amide bonds. The monoisotopic (exact) mass is 402 g/mol. The van der Waals surface area contributed by atoms with Gasteiger partial charge in [0.25, 0.3) is 5.69 Å². The summed E-state index contributed by atoms with van der Waals surface area (Å²) < 4.78 is 11.0. The van der Waals surface area contributed by atoms with Crippen LogP contribution in [-0.4, -0.2) is 36.0 Å². The second-order valence-corrected chi connectivity index (χ2v) is 6.74. The average molecular weight is 403 g/mol. The van der Waals surface area contributed by atoms with Crippen molar-refractivity contribution < 1.29 is 19.2 Å². The van der Waals surface area contributed by atoms with E-state index >= 15 is 0 Å². The molecular weight excluding hydrogens is 384 g/mol. The van der Waals surface area contributed by atoms with Crippen LogP contribution in [0.1, 0.15) is 24.1 Å². The summed E-state index contributed by atoms with van der Waals surface area (Å²) in [4.78, 5) is 24.5. The molecule has 0 bridgehead atoms. The molecule has 1 aliphatic rings. The molecule has 0 saturated heterocycles. The van der Waals surface area contributed by atoms with Crippen molar-refractivity contribution in [2.75, 3.05) is 20.3 Å². The highest BCUT2D eigenvalue weighted by molar-refractivity contribution is 6.32. The minimum absolute atomic E-state index is 0.00772. The first kappa shape index (κ1) is 19.7. The number of amides is 1. The van der Waals surface area contributed by atoms with Gasteiger partial charge < -0.3 is 14.4 Å². The van der Waals surface area contributed by atoms with E-state index in [4.69, 9.17) is 21.1 Å². The number of hydrogen-bond donors (Lipinski definition) is 0. The van der Waals surface area contributed by atoms with Crippen molar-refractivity contribution in [1.29, 1.82) is 0 Å². The summed E-state index contributed by atoms with van der Waals surface area (Å²) in [6, 6.07) is 9.38. The van der Waals surface area contributed by atoms with E-state index in [1.54, 1.807) is 37.4 Å². The molecule has 2 aromatic carbocycles. The number of ether oxygens (including phenoxy) is 2. The zero-order valence-electron chi connectivity index (χ0n) is 15.4. The second-order valence-electron chi connectivity index (χ2n) is 6.34. The van der Waals surface area contributed by atoms with E-state index in [0.29, 0.717) is 40.9 Å². The van der Waals surface area contributed by atoms with Crippen molar-refractivity contribution in [3.05, 3.63) is 68.7 Å². The molecular formula is C20H19ClN2O5. The lowest BCUT2D eigenvalue weighted by Gasteiger charge is -2.24. The largest absolute Gasteiger partial charge is 0.486 e. The molecule has 3 rings (SSSR count). The average Bonchev–Trinajstić information content (AvgIpc) is 2.71. The molecule has 1 aliphatic heterocycles. The van der Waals surface area contributed by atoms with Gasteiger partial charge in [-0.05, 0) is 36.3 Å². The predicted molar refractivity (Wildman–Crippen MR) is 106 cm³/mol. The highest BCUT2D eigenvalue weighted by Gasteiger charge is 2.19. The Kier molecular flexibility index (Phi) is 5.84. The molecule has 0 unspecified atom stereocenters. The zero-order chi connectivity index (χ0) is 20.3. The normalized spacial score (nSPS) is 14.0. The first-order valence-corrected chi connectivity index (χ1v) is 9.03. The van der Waals surface area contributed by atoms with Gasteiger partial charge in [-0.1, -0.05) is 23.7 Å². The third kappa shape index (κ3) is 4.26. The number of carbonyl (C=O) groups excluding carboxylic acids is 1. The summed E-state index contributed by atoms with van der Waals surface area (Å²) in [5.74, 6) is 0.807. The van der Waals surface area contributed by atoms with Crippen LogP contribution in [0.5, 0.6) is 11.5 Å². The lowest BCUT2D eigenvalue weighted by molar-refractivity contribution is -0.384. The predicted octanol–water partition coefficient (Wildman–Crippen LogP) is 4.25. The summed E-state index contributed by atoms with van der Waals surface area (Å²) in [6.45, 7) is 2.70. The number of likely N-dealkylation sites (N-methyl/N-ethyl adjacent to an activating group) is 1. The Hall–Kier alpha value is -3.06. The van der Waals surface area contributed by atoms with Crippen molar-refractivity contribution in [1.82, 2.24) is 4.90 Å². The molecule has 0 spiro atoms. The fourth-order valence-corrected chi connectivity index (χ4v) is 3.10. The maximum absolute atomic E-state index is 12.5. The van der Waals surface area contributed by atoms with Gasteiger partial charge in [0.1, 0.15) is 13.2 Å². The number of fused-ring (bicyclic) bond motifs is 1. The standard InChI is InChI=1S/C20H19ClN2O5/c1-13(15-4-3-5-16(12-15)23(25)26)22(2)19(24)7-6-14-10-17(21)20-18(11-14)27-8-9-28-20/h3-7,10-13H,8-9H2,1-2H3/b7-6+/t13-/m1/s1. The van der Waals surface area contributed by atoms with Crippen LogP contribution in [0, 0.1) is 10.1 Å². The third-order valence-electron chi connectivity index (χ3n) is 4.53. The van der Waals surface area contributed by atoms with Crippen molar-refractivity contribution >= 4 is 29.3 Å². The van der Waals surface area contributed by atoms with Crippen molar-refractivity contribution in [3.63, 3.8) is 0 Å². The van der Waals surface area contributed by atoms with Gasteiger partial charge in [0, 0.05) is 25.3 Å². The SMILES string of the molecule is C[C@H](c1cccc([N+](=O)[O-])c1)N(C)C(=O)/C=C/c1cc(Cl)c2c(c1)OCCO2. The molecule has 2 aromatic rings. The second kappa shape index (κ2) is 8.31. The molecule has 0 saturated carbocycles. The summed E-state index contributed by atoms with van der Waals surface area (Å²) in [5, 5.41) is 11.4. The topological polar surface area (TPSA) is 81.9 Å². The summed E-state index contributed by atoms with van der Waals surface area (Å²) in [5.41, 5.74) is 1.38. The summed E-state index contributed by atoms with van der Waals surface area (Å²) in [7, 11) is 1.65. The van der Waals surface area contributed by atoms with Crippen LogP contribution in [0.4, 0.5) is 5.69 Å². The van der Waals surface area contributed by atoms with E-state index in [-0.39, 0.29) is 17.6 Å². The number of nitro groups is 1. The van der Waals surface area contributed by atoms with Crippen LogP contribution < -0.4 is 9.47 Å². The summed E-state index contributed by atoms with van der Waals surface area (Å²) >= 11 is 6.21. The highest BCUT2D eigenvalue weighted by Crippen LogP contribution is 2.38. The third-order valence-corrected chi connectivity index (χ3v) is 4.81. The molecule has 28 heavy (non-hydrogen) atoms. The first-order chi connectivity index (χ1) is 13.4. The van der Waals surface area contributed by atoms with Gasteiger partial charge in [-0.15, -0.1) is 0 Å². The number of nitrogens with zero attached hydrogens (tertiary/aromatic N) is 2. The van der Waals surface area contributed by atoms with Crippen LogP contribution in [0.25, 0.3) is 6.08 Å². The minimum Gasteiger partial charge on any atom is -0.486 e. The zero-order valence-corrected chi connectivity index (χ0v) is 16.2. The van der Waals surface area contributed by atoms with Crippen LogP contribution in [0.3, 0.4) is 0 Å². The van der Waals surface area contributed by atoms with E-state index in [2.05, 4.69) is 0 Å². The Morgan fingerprint density at radius 2 is 2.04 bits per heavy atom. The lowest BCUT2D eigenvalue weighted by atomic mass is 10.1. The molecule has 0 aliphatic carbocycles. The van der Waals surface area contributed by atoms with Gasteiger partial charge in [-0.25, -0.2) is 0 Å². The molecule has 0 fully saturated rings. The van der Waals surface area contributed by atoms with Gasteiger partial charge in [-0.3, -0.25) is 14.9 Å². The Bertz CT molecular complexity index is 944. The molecule has 8 heteroatoms. The van der Waals surface area contributed by atoms with E-state index in [1.807, 2.05) is 6.92 Å². The Labute approximate surface area is 167 Å². The summed E-state index contributed by atoms with van der Waals surface area (Å²) in [6.07, 6.45) is 3.07. The molecule has 0 aromatic heterocycles. The molecule has 146 valence electrons. The quantitative estimate of drug-likeness (QED) is 0.424. The van der Waals surface area contributed by atoms with E-state index in [0.717, 1.165) is 0 Å². The Balaban J connectivity index is 1.74. The lowest BCUT2D eigenvalue weighted by Crippen LogP contribution is -2.28. The number of hydrogen-bond acceptors (Lipinski definition) is 5. The highest BCUT2D eigenvalue weighted by atomic mass is 35.5. The number of nitro benzene ring substituents is 1. The molecule has 1 atom stereocenters. The van der Waals surface area contributed by atoms with E-state index in [1.165, 1.54) is 23.1 Å². The van der Waals surface area contributed by atoms with Gasteiger partial charge in [0.15, 0.2) is 11.5 Å². The van der Waals surface area contributed by atoms with Gasteiger partial charge >= 0.3 is 0 Å². The number of halogens is 1. The van der Waals surface area contributed by atoms with Crippen molar-refractivity contribution in [2.45, 2.75) is 13.0 Å². The maximum Gasteiger partial charge on any atom is 0.269 e. The minimum atomic E-state index is -0.455. The number of carbonyl (C=O) groups is 1. The van der Waals surface area contributed by atoms with Crippen LogP contribution in [0.15, 0.2) is 42.5 Å². The molecule has 0 radical (unpaired) electrons. The van der Waals surface area contributed by atoms with E-state index in [9.17, 15) is 14.9 Å². The number of non-ortho nitro benzene ring substituents is 1. The number of rotatable bonds is 5. The van der Waals surface area contributed by atoms with E-state index < -0.39 is 4.92 Å². The van der Waals surface area contributed by atoms with Gasteiger partial charge in [0.2, 0.25) is 5.91 Å². The van der Waals surface area contributed by atoms with Crippen LogP contribution in [-0.2, 0) is 4.79 Å². The molecule has 1 heterocycles. The Morgan fingerprint density at radius 3 is 2.79 bits per heavy atom. The van der Waals surface area contributed by atoms with Crippen molar-refractivity contribution in [2.24, 2.45) is 0 Å². The Morgan fingerprint density at radius 1 is 1.29 bits per heavy atom. The first-order valence-electron chi connectivity index (χ1n) is 8.65. The van der Waals surface area contributed by atoms with Crippen molar-refractivity contribution in [3.8, 4) is 11.5 Å². The van der Waals surface area contributed by atoms with Crippen LogP contribution >= 0.6 is 11.6 Å². The maximum atomic E-state index is 12.5.